The summed E-state index contributed by atoms with van der Waals surface area (Å²) >= 11 is 0. The predicted molar refractivity (Wildman–Crippen MR) is 81.0 cm³/mol. The van der Waals surface area contributed by atoms with Crippen molar-refractivity contribution in [3.63, 3.8) is 0 Å². The molecule has 1 saturated carbocycles. The van der Waals surface area contributed by atoms with Crippen molar-refractivity contribution in [1.82, 2.24) is 20.4 Å². The Morgan fingerprint density at radius 1 is 1.48 bits per heavy atom. The Morgan fingerprint density at radius 2 is 2.19 bits per heavy atom. The van der Waals surface area contributed by atoms with Gasteiger partial charge in [-0.2, -0.15) is 5.10 Å². The second-order valence-corrected chi connectivity index (χ2v) is 6.60. The highest BCUT2D eigenvalue weighted by Gasteiger charge is 2.39. The maximum atomic E-state index is 11.7. The molecule has 6 nitrogen and oxygen atoms in total. The highest BCUT2D eigenvalue weighted by Crippen LogP contribution is 2.22. The molecule has 0 aromatic carbocycles. The zero-order chi connectivity index (χ0) is 15.6. The number of rotatable bonds is 5. The molecule has 0 bridgehead atoms. The summed E-state index contributed by atoms with van der Waals surface area (Å²) in [5.41, 5.74) is 1.90. The van der Waals surface area contributed by atoms with Crippen LogP contribution in [-0.2, 0) is 24.8 Å². The first kappa shape index (κ1) is 15.8. The first-order valence-corrected chi connectivity index (χ1v) is 7.53. The fourth-order valence-electron chi connectivity index (χ4n) is 2.31. The van der Waals surface area contributed by atoms with Gasteiger partial charge in [-0.25, -0.2) is 4.79 Å². The lowest BCUT2D eigenvalue weighted by Crippen LogP contribution is -2.36. The Bertz CT molecular complexity index is 504. The molecule has 1 aliphatic carbocycles. The van der Waals surface area contributed by atoms with Gasteiger partial charge in [0.25, 0.3) is 0 Å². The minimum atomic E-state index is -0.451. The first-order chi connectivity index (χ1) is 9.78. The summed E-state index contributed by atoms with van der Waals surface area (Å²) in [6.45, 7) is 8.49. The van der Waals surface area contributed by atoms with E-state index in [4.69, 9.17) is 4.74 Å². The molecule has 0 radical (unpaired) electrons. The molecule has 1 amide bonds. The fraction of sp³-hybridized carbons (Fsp3) is 0.733. The molecule has 1 fully saturated rings. The van der Waals surface area contributed by atoms with Crippen LogP contribution >= 0.6 is 0 Å². The zero-order valence-corrected chi connectivity index (χ0v) is 13.6. The molecule has 2 N–H and O–H groups in total. The molecular weight excluding hydrogens is 268 g/mol. The molecular formula is C15H26N4O2. The number of nitrogens with one attached hydrogen (secondary N) is 2. The average Bonchev–Trinajstić information content (AvgIpc) is 2.96. The molecule has 6 heteroatoms. The normalized spacial score (nSPS) is 21.2. The number of ether oxygens (including phenoxy) is 1. The molecule has 1 aromatic rings. The maximum absolute atomic E-state index is 11.7. The molecule has 1 heterocycles. The molecule has 0 saturated heterocycles. The van der Waals surface area contributed by atoms with Gasteiger partial charge in [-0.1, -0.05) is 6.92 Å². The summed E-state index contributed by atoms with van der Waals surface area (Å²) in [4.78, 5) is 11.7. The summed E-state index contributed by atoms with van der Waals surface area (Å²) in [6, 6.07) is 0.490. The van der Waals surface area contributed by atoms with Crippen molar-refractivity contribution in [2.24, 2.45) is 7.05 Å². The minimum absolute atomic E-state index is 0.168. The van der Waals surface area contributed by atoms with E-state index in [-0.39, 0.29) is 12.1 Å². The standard InChI is InChI=1S/C15H26N4O2/c1-6-11-10(9-19(5)18-11)8-16-12-7-13(12)17-14(20)21-15(2,3)4/h9,12-13,16H,6-8H2,1-5H3,(H,17,20). The monoisotopic (exact) mass is 294 g/mol. The van der Waals surface area contributed by atoms with Crippen LogP contribution in [0.25, 0.3) is 0 Å². The topological polar surface area (TPSA) is 68.2 Å². The second kappa shape index (κ2) is 6.05. The number of hydrogen-bond donors (Lipinski definition) is 2. The van der Waals surface area contributed by atoms with Crippen molar-refractivity contribution >= 4 is 6.09 Å². The SMILES string of the molecule is CCc1nn(C)cc1CNC1CC1NC(=O)OC(C)(C)C. The number of carbonyl (C=O) groups excluding carboxylic acids is 1. The van der Waals surface area contributed by atoms with Crippen molar-refractivity contribution in [2.45, 2.75) is 64.8 Å². The number of hydrogen-bond acceptors (Lipinski definition) is 4. The number of aromatic nitrogens is 2. The van der Waals surface area contributed by atoms with Crippen molar-refractivity contribution in [3.8, 4) is 0 Å². The van der Waals surface area contributed by atoms with Crippen molar-refractivity contribution in [2.75, 3.05) is 0 Å². The van der Waals surface area contributed by atoms with Crippen molar-refractivity contribution in [1.29, 1.82) is 0 Å². The maximum Gasteiger partial charge on any atom is 0.407 e. The van der Waals surface area contributed by atoms with Crippen LogP contribution in [-0.4, -0.2) is 33.6 Å². The molecule has 2 rings (SSSR count). The van der Waals surface area contributed by atoms with Gasteiger partial charge < -0.3 is 15.4 Å². The smallest absolute Gasteiger partial charge is 0.407 e. The third-order valence-corrected chi connectivity index (χ3v) is 3.37. The molecule has 0 spiro atoms. The minimum Gasteiger partial charge on any atom is -0.444 e. The summed E-state index contributed by atoms with van der Waals surface area (Å²) in [5, 5.41) is 10.8. The number of amides is 1. The average molecular weight is 294 g/mol. The van der Waals surface area contributed by atoms with E-state index in [1.54, 1.807) is 0 Å². The Labute approximate surface area is 126 Å². The highest BCUT2D eigenvalue weighted by molar-refractivity contribution is 5.68. The lowest BCUT2D eigenvalue weighted by molar-refractivity contribution is 0.0522. The Balaban J connectivity index is 1.73. The van der Waals surface area contributed by atoms with E-state index < -0.39 is 5.60 Å². The second-order valence-electron chi connectivity index (χ2n) is 6.60. The zero-order valence-electron chi connectivity index (χ0n) is 13.6. The lowest BCUT2D eigenvalue weighted by atomic mass is 10.2. The van der Waals surface area contributed by atoms with E-state index in [1.807, 2.05) is 38.7 Å². The van der Waals surface area contributed by atoms with E-state index in [9.17, 15) is 4.79 Å². The molecule has 2 atom stereocenters. The van der Waals surface area contributed by atoms with Crippen LogP contribution in [0.2, 0.25) is 0 Å². The van der Waals surface area contributed by atoms with Gasteiger partial charge >= 0.3 is 6.09 Å². The third-order valence-electron chi connectivity index (χ3n) is 3.37. The van der Waals surface area contributed by atoms with E-state index >= 15 is 0 Å². The van der Waals surface area contributed by atoms with Gasteiger partial charge in [-0.05, 0) is 33.6 Å². The Morgan fingerprint density at radius 3 is 2.81 bits per heavy atom. The van der Waals surface area contributed by atoms with Gasteiger partial charge in [0.05, 0.1) is 5.69 Å². The molecule has 1 aliphatic rings. The van der Waals surface area contributed by atoms with Crippen LogP contribution in [0.15, 0.2) is 6.20 Å². The number of nitrogens with zero attached hydrogens (tertiary/aromatic N) is 2. The number of carbonyl (C=O) groups is 1. The molecule has 2 unspecified atom stereocenters. The van der Waals surface area contributed by atoms with Gasteiger partial charge in [0, 0.05) is 37.4 Å². The summed E-state index contributed by atoms with van der Waals surface area (Å²) in [6.07, 6.45) is 3.58. The van der Waals surface area contributed by atoms with E-state index in [1.165, 1.54) is 5.56 Å². The quantitative estimate of drug-likeness (QED) is 0.868. The van der Waals surface area contributed by atoms with E-state index in [0.717, 1.165) is 25.1 Å². The summed E-state index contributed by atoms with van der Waals surface area (Å²) in [7, 11) is 1.94. The van der Waals surface area contributed by atoms with Crippen LogP contribution in [0.4, 0.5) is 4.79 Å². The van der Waals surface area contributed by atoms with Gasteiger partial charge in [0.15, 0.2) is 0 Å². The van der Waals surface area contributed by atoms with Crippen LogP contribution in [0.5, 0.6) is 0 Å². The van der Waals surface area contributed by atoms with Gasteiger partial charge in [0.1, 0.15) is 5.60 Å². The predicted octanol–water partition coefficient (Wildman–Crippen LogP) is 1.74. The lowest BCUT2D eigenvalue weighted by Gasteiger charge is -2.19. The van der Waals surface area contributed by atoms with Crippen molar-refractivity contribution < 1.29 is 9.53 Å². The number of aryl methyl sites for hydroxylation is 2. The van der Waals surface area contributed by atoms with Crippen LogP contribution in [0.1, 0.15) is 45.4 Å². The Kier molecular flexibility index (Phi) is 4.56. The number of alkyl carbamates (subject to hydrolysis) is 1. The highest BCUT2D eigenvalue weighted by atomic mass is 16.6. The van der Waals surface area contributed by atoms with Gasteiger partial charge in [-0.15, -0.1) is 0 Å². The summed E-state index contributed by atoms with van der Waals surface area (Å²) < 4.78 is 7.09. The van der Waals surface area contributed by atoms with Crippen molar-refractivity contribution in [3.05, 3.63) is 17.5 Å². The van der Waals surface area contributed by atoms with Gasteiger partial charge in [0.2, 0.25) is 0 Å². The Hall–Kier alpha value is -1.56. The van der Waals surface area contributed by atoms with Gasteiger partial charge in [-0.3, -0.25) is 4.68 Å². The molecule has 0 aliphatic heterocycles. The molecule has 118 valence electrons. The fourth-order valence-corrected chi connectivity index (χ4v) is 2.31. The molecule has 21 heavy (non-hydrogen) atoms. The molecule has 1 aromatic heterocycles. The van der Waals surface area contributed by atoms with E-state index in [2.05, 4.69) is 22.7 Å². The largest absolute Gasteiger partial charge is 0.444 e. The third kappa shape index (κ3) is 4.74. The van der Waals surface area contributed by atoms with Crippen LogP contribution in [0.3, 0.4) is 0 Å². The first-order valence-electron chi connectivity index (χ1n) is 7.53. The van der Waals surface area contributed by atoms with Crippen LogP contribution in [0, 0.1) is 0 Å². The van der Waals surface area contributed by atoms with E-state index in [0.29, 0.717) is 6.04 Å². The van der Waals surface area contributed by atoms with Crippen LogP contribution < -0.4 is 10.6 Å². The summed E-state index contributed by atoms with van der Waals surface area (Å²) in [5.74, 6) is 0.